The number of nitrogens with one attached hydrogen (secondary N) is 2. The topological polar surface area (TPSA) is 81.7 Å². The Bertz CT molecular complexity index is 1030. The molecule has 0 aliphatic heterocycles. The van der Waals surface area contributed by atoms with Gasteiger partial charge in [-0.05, 0) is 48.1 Å². The molecule has 118 valence electrons. The maximum Gasteiger partial charge on any atom is 0.255 e. The summed E-state index contributed by atoms with van der Waals surface area (Å²) < 4.78 is 6.09. The van der Waals surface area contributed by atoms with Crippen molar-refractivity contribution < 1.29 is 4.74 Å². The second-order valence-corrected chi connectivity index (χ2v) is 5.57. The second kappa shape index (κ2) is 6.94. The van der Waals surface area contributed by atoms with E-state index in [4.69, 9.17) is 22.2 Å². The van der Waals surface area contributed by atoms with Gasteiger partial charge in [-0.3, -0.25) is 9.78 Å². The Hall–Kier alpha value is -3.17. The van der Waals surface area contributed by atoms with Gasteiger partial charge in [0.15, 0.2) is 4.77 Å². The van der Waals surface area contributed by atoms with Gasteiger partial charge in [0.1, 0.15) is 11.5 Å². The molecule has 3 aromatic rings. The van der Waals surface area contributed by atoms with Crippen molar-refractivity contribution in [1.82, 2.24) is 9.97 Å². The summed E-state index contributed by atoms with van der Waals surface area (Å²) in [7, 11) is 0. The van der Waals surface area contributed by atoms with Crippen molar-refractivity contribution in [2.24, 2.45) is 0 Å². The van der Waals surface area contributed by atoms with Gasteiger partial charge in [-0.15, -0.1) is 0 Å². The van der Waals surface area contributed by atoms with Crippen LogP contribution in [-0.2, 0) is 6.42 Å². The fourth-order valence-corrected chi connectivity index (χ4v) is 2.42. The van der Waals surface area contributed by atoms with Crippen molar-refractivity contribution in [1.29, 1.82) is 5.26 Å². The minimum atomic E-state index is -0.202. The molecule has 24 heavy (non-hydrogen) atoms. The highest BCUT2D eigenvalue weighted by Crippen LogP contribution is 2.23. The van der Waals surface area contributed by atoms with E-state index in [1.54, 1.807) is 30.5 Å². The van der Waals surface area contributed by atoms with Crippen LogP contribution in [0.3, 0.4) is 0 Å². The van der Waals surface area contributed by atoms with Crippen LogP contribution < -0.4 is 10.3 Å². The average Bonchev–Trinajstić information content (AvgIpc) is 2.58. The Kier molecular flexibility index (Phi) is 4.54. The summed E-state index contributed by atoms with van der Waals surface area (Å²) in [6, 6.07) is 16.5. The zero-order valence-corrected chi connectivity index (χ0v) is 13.4. The smallest absolute Gasteiger partial charge is 0.255 e. The lowest BCUT2D eigenvalue weighted by molar-refractivity contribution is 0.482. The molecule has 0 spiro atoms. The summed E-state index contributed by atoms with van der Waals surface area (Å²) in [5.41, 5.74) is 1.86. The normalized spacial score (nSPS) is 10.1. The van der Waals surface area contributed by atoms with Crippen LogP contribution in [0.2, 0.25) is 0 Å². The van der Waals surface area contributed by atoms with E-state index >= 15 is 0 Å². The molecule has 5 nitrogen and oxygen atoms in total. The summed E-state index contributed by atoms with van der Waals surface area (Å²) in [6.07, 6.45) is 2.07. The monoisotopic (exact) mass is 335 g/mol. The Labute approximate surface area is 143 Å². The zero-order chi connectivity index (χ0) is 16.9. The lowest BCUT2D eigenvalue weighted by Gasteiger charge is -2.08. The molecule has 2 aromatic carbocycles. The number of aromatic amines is 2. The van der Waals surface area contributed by atoms with E-state index in [1.165, 1.54) is 0 Å². The number of rotatable bonds is 4. The zero-order valence-electron chi connectivity index (χ0n) is 12.6. The molecule has 1 aromatic heterocycles. The van der Waals surface area contributed by atoms with E-state index in [9.17, 15) is 4.79 Å². The van der Waals surface area contributed by atoms with Crippen LogP contribution in [-0.4, -0.2) is 9.97 Å². The van der Waals surface area contributed by atoms with Gasteiger partial charge in [0.05, 0.1) is 11.6 Å². The maximum absolute atomic E-state index is 11.9. The number of ether oxygens (including phenoxy) is 1. The first-order valence-electron chi connectivity index (χ1n) is 7.22. The van der Waals surface area contributed by atoms with Crippen LogP contribution in [0.1, 0.15) is 16.7 Å². The minimum Gasteiger partial charge on any atom is -0.457 e. The van der Waals surface area contributed by atoms with Gasteiger partial charge in [-0.1, -0.05) is 18.2 Å². The van der Waals surface area contributed by atoms with Crippen LogP contribution in [0.15, 0.2) is 59.5 Å². The van der Waals surface area contributed by atoms with E-state index in [-0.39, 0.29) is 5.56 Å². The molecule has 0 bridgehead atoms. The highest BCUT2D eigenvalue weighted by molar-refractivity contribution is 7.71. The molecule has 2 N–H and O–H groups in total. The Morgan fingerprint density at radius 1 is 1.12 bits per heavy atom. The van der Waals surface area contributed by atoms with Crippen molar-refractivity contribution in [2.45, 2.75) is 6.42 Å². The van der Waals surface area contributed by atoms with Gasteiger partial charge in [-0.2, -0.15) is 5.26 Å². The van der Waals surface area contributed by atoms with Crippen molar-refractivity contribution in [3.8, 4) is 17.6 Å². The maximum atomic E-state index is 11.9. The number of nitrogens with zero attached hydrogens (tertiary/aromatic N) is 1. The Morgan fingerprint density at radius 3 is 2.62 bits per heavy atom. The molecule has 6 heteroatoms. The third kappa shape index (κ3) is 3.77. The molecular formula is C18H13N3O2S. The van der Waals surface area contributed by atoms with E-state index in [1.807, 2.05) is 24.3 Å². The van der Waals surface area contributed by atoms with Crippen molar-refractivity contribution >= 4 is 12.2 Å². The highest BCUT2D eigenvalue weighted by atomic mass is 32.1. The van der Waals surface area contributed by atoms with Crippen molar-refractivity contribution in [3.63, 3.8) is 0 Å². The van der Waals surface area contributed by atoms with Gasteiger partial charge in [0.25, 0.3) is 5.56 Å². The predicted octanol–water partition coefficient (Wildman–Crippen LogP) is 3.69. The molecule has 0 amide bonds. The van der Waals surface area contributed by atoms with Gasteiger partial charge in [0.2, 0.25) is 0 Å². The number of benzene rings is 2. The van der Waals surface area contributed by atoms with Gasteiger partial charge >= 0.3 is 0 Å². The Balaban J connectivity index is 1.82. The van der Waals surface area contributed by atoms with Crippen LogP contribution in [0.4, 0.5) is 0 Å². The fraction of sp³-hybridized carbons (Fsp3) is 0.0556. The molecule has 0 saturated carbocycles. The molecule has 0 saturated heterocycles. The lowest BCUT2D eigenvalue weighted by atomic mass is 10.1. The van der Waals surface area contributed by atoms with Gasteiger partial charge in [0, 0.05) is 18.2 Å². The molecule has 0 aliphatic rings. The van der Waals surface area contributed by atoms with E-state index < -0.39 is 0 Å². The number of hydrogen-bond acceptors (Lipinski definition) is 4. The van der Waals surface area contributed by atoms with Crippen LogP contribution in [0, 0.1) is 16.1 Å². The lowest BCUT2D eigenvalue weighted by Crippen LogP contribution is -2.13. The van der Waals surface area contributed by atoms with Crippen molar-refractivity contribution in [3.05, 3.63) is 86.5 Å². The first kappa shape index (κ1) is 15.7. The third-order valence-electron chi connectivity index (χ3n) is 3.39. The van der Waals surface area contributed by atoms with Crippen LogP contribution in [0.25, 0.3) is 0 Å². The van der Waals surface area contributed by atoms with Gasteiger partial charge in [-0.25, -0.2) is 0 Å². The Morgan fingerprint density at radius 2 is 1.88 bits per heavy atom. The number of aromatic nitrogens is 2. The minimum absolute atomic E-state index is 0.202. The quantitative estimate of drug-likeness (QED) is 0.713. The van der Waals surface area contributed by atoms with Crippen molar-refractivity contribution in [2.75, 3.05) is 0 Å². The first-order valence-corrected chi connectivity index (χ1v) is 7.63. The molecule has 0 fully saturated rings. The van der Waals surface area contributed by atoms with Gasteiger partial charge < -0.3 is 9.72 Å². The molecular weight excluding hydrogens is 322 g/mol. The standard InChI is InChI=1S/C18H13N3O2S/c19-10-13-4-2-6-16(9-13)23-15-5-1-3-12(8-15)7-14-11-20-18(24)21-17(14)22/h1-6,8-9,11H,7H2,(H2,20,21,22,24). The summed E-state index contributed by atoms with van der Waals surface area (Å²) in [5.74, 6) is 1.23. The predicted molar refractivity (Wildman–Crippen MR) is 92.7 cm³/mol. The number of hydrogen-bond donors (Lipinski definition) is 2. The average molecular weight is 335 g/mol. The fourth-order valence-electron chi connectivity index (χ4n) is 2.27. The first-order chi connectivity index (χ1) is 11.6. The summed E-state index contributed by atoms with van der Waals surface area (Å²) in [5, 5.41) is 8.93. The second-order valence-electron chi connectivity index (χ2n) is 5.16. The molecule has 0 atom stereocenters. The van der Waals surface area contributed by atoms with Crippen LogP contribution >= 0.6 is 12.2 Å². The SMILES string of the molecule is N#Cc1cccc(Oc2cccc(Cc3c[nH]c(=S)[nH]c3=O)c2)c1. The number of nitriles is 1. The summed E-state index contributed by atoms with van der Waals surface area (Å²) >= 11 is 4.88. The third-order valence-corrected chi connectivity index (χ3v) is 3.61. The highest BCUT2D eigenvalue weighted by Gasteiger charge is 2.04. The molecule has 1 heterocycles. The van der Waals surface area contributed by atoms with E-state index in [2.05, 4.69) is 16.0 Å². The number of H-pyrrole nitrogens is 2. The summed E-state index contributed by atoms with van der Waals surface area (Å²) in [6.45, 7) is 0. The largest absolute Gasteiger partial charge is 0.457 e. The summed E-state index contributed by atoms with van der Waals surface area (Å²) in [4.78, 5) is 17.3. The van der Waals surface area contributed by atoms with Crippen LogP contribution in [0.5, 0.6) is 11.5 Å². The molecule has 0 radical (unpaired) electrons. The molecule has 0 unspecified atom stereocenters. The van der Waals surface area contributed by atoms with E-state index in [0.717, 1.165) is 5.56 Å². The molecule has 0 aliphatic carbocycles. The van der Waals surface area contributed by atoms with E-state index in [0.29, 0.717) is 33.8 Å². The molecule has 3 rings (SSSR count).